The third-order valence-corrected chi connectivity index (χ3v) is 6.70. The van der Waals surface area contributed by atoms with Gasteiger partial charge >= 0.3 is 0 Å². The smallest absolute Gasteiger partial charge is 0.250 e. The summed E-state index contributed by atoms with van der Waals surface area (Å²) in [5.74, 6) is -0.0207. The van der Waals surface area contributed by atoms with Gasteiger partial charge in [0.1, 0.15) is 16.8 Å². The zero-order valence-corrected chi connectivity index (χ0v) is 19.5. The molecule has 3 aromatic rings. The highest BCUT2D eigenvalue weighted by molar-refractivity contribution is 7.92. The van der Waals surface area contributed by atoms with Gasteiger partial charge in [0.2, 0.25) is 21.1 Å². The van der Waals surface area contributed by atoms with Gasteiger partial charge in [-0.25, -0.2) is 8.42 Å². The molecule has 0 bridgehead atoms. The minimum atomic E-state index is -3.76. The van der Waals surface area contributed by atoms with Crippen molar-refractivity contribution in [3.05, 3.63) is 53.6 Å². The summed E-state index contributed by atoms with van der Waals surface area (Å²) in [4.78, 5) is 13.0. The van der Waals surface area contributed by atoms with Crippen molar-refractivity contribution >= 4 is 49.7 Å². The van der Waals surface area contributed by atoms with Crippen LogP contribution >= 0.6 is 22.9 Å². The summed E-state index contributed by atoms with van der Waals surface area (Å²) in [6.45, 7) is 1.74. The summed E-state index contributed by atoms with van der Waals surface area (Å²) in [5, 5.41) is 12.3. The van der Waals surface area contributed by atoms with E-state index in [0.717, 1.165) is 16.1 Å². The lowest BCUT2D eigenvalue weighted by molar-refractivity contribution is -0.117. The average molecular weight is 481 g/mol. The van der Waals surface area contributed by atoms with Crippen LogP contribution in [0.5, 0.6) is 5.75 Å². The minimum absolute atomic E-state index is 0.249. The number of amides is 1. The third-order valence-electron chi connectivity index (χ3n) is 4.38. The number of carbonyl (C=O) groups is 1. The first-order valence-corrected chi connectivity index (χ1v) is 12.3. The van der Waals surface area contributed by atoms with Crippen LogP contribution in [0.15, 0.2) is 48.5 Å². The first-order chi connectivity index (χ1) is 14.7. The van der Waals surface area contributed by atoms with Crippen LogP contribution in [-0.4, -0.2) is 43.9 Å². The second-order valence-corrected chi connectivity index (χ2v) is 9.87. The van der Waals surface area contributed by atoms with E-state index in [1.807, 2.05) is 0 Å². The fourth-order valence-corrected chi connectivity index (χ4v) is 5.06. The molecular formula is C20H21ClN4O4S2. The van der Waals surface area contributed by atoms with Crippen LogP contribution in [0.2, 0.25) is 5.02 Å². The Hall–Kier alpha value is -2.69. The first kappa shape index (κ1) is 23.0. The second-order valence-electron chi connectivity index (χ2n) is 6.59. The standard InChI is InChI=1S/C20H21ClN4O4S2/c1-4-17(25(31(3,27)28)15-6-5-7-16(12-15)29-2)18(26)22-20-24-23-19(30-20)13-8-10-14(21)11-9-13/h5-12,17H,4H2,1-3H3,(H,22,24,26). The Morgan fingerprint density at radius 1 is 1.23 bits per heavy atom. The number of anilines is 2. The maximum atomic E-state index is 13.0. The van der Waals surface area contributed by atoms with Gasteiger partial charge in [-0.05, 0) is 30.7 Å². The molecule has 0 radical (unpaired) electrons. The number of rotatable bonds is 8. The zero-order valence-electron chi connectivity index (χ0n) is 17.1. The molecule has 8 nitrogen and oxygen atoms in total. The summed E-state index contributed by atoms with van der Waals surface area (Å²) < 4.78 is 31.4. The number of hydrogen-bond donors (Lipinski definition) is 1. The molecule has 1 atom stereocenters. The van der Waals surface area contributed by atoms with Gasteiger partial charge in [0.15, 0.2) is 0 Å². The van der Waals surface area contributed by atoms with Gasteiger partial charge in [-0.1, -0.05) is 48.1 Å². The Bertz CT molecular complexity index is 1170. The summed E-state index contributed by atoms with van der Waals surface area (Å²) in [6, 6.07) is 12.7. The molecule has 1 heterocycles. The van der Waals surface area contributed by atoms with Crippen molar-refractivity contribution in [3.8, 4) is 16.3 Å². The number of nitrogens with zero attached hydrogens (tertiary/aromatic N) is 3. The fraction of sp³-hybridized carbons (Fsp3) is 0.250. The van der Waals surface area contributed by atoms with E-state index in [4.69, 9.17) is 16.3 Å². The number of benzene rings is 2. The van der Waals surface area contributed by atoms with Crippen molar-refractivity contribution in [1.82, 2.24) is 10.2 Å². The van der Waals surface area contributed by atoms with Gasteiger partial charge in [0, 0.05) is 16.7 Å². The molecule has 1 amide bonds. The topological polar surface area (TPSA) is 101 Å². The third kappa shape index (κ3) is 5.52. The highest BCUT2D eigenvalue weighted by Gasteiger charge is 2.32. The molecule has 164 valence electrons. The first-order valence-electron chi connectivity index (χ1n) is 9.26. The van der Waals surface area contributed by atoms with Crippen molar-refractivity contribution in [2.24, 2.45) is 0 Å². The van der Waals surface area contributed by atoms with Gasteiger partial charge in [-0.15, -0.1) is 10.2 Å². The normalized spacial score (nSPS) is 12.3. The van der Waals surface area contributed by atoms with E-state index < -0.39 is 22.0 Å². The Morgan fingerprint density at radius 3 is 2.55 bits per heavy atom. The molecule has 1 unspecified atom stereocenters. The average Bonchev–Trinajstić information content (AvgIpc) is 3.19. The monoisotopic (exact) mass is 480 g/mol. The zero-order chi connectivity index (χ0) is 22.6. The quantitative estimate of drug-likeness (QED) is 0.522. The Labute approximate surface area is 189 Å². The maximum absolute atomic E-state index is 13.0. The summed E-state index contributed by atoms with van der Waals surface area (Å²) in [6.07, 6.45) is 1.31. The largest absolute Gasteiger partial charge is 0.497 e. The number of ether oxygens (including phenoxy) is 1. The number of methoxy groups -OCH3 is 1. The Balaban J connectivity index is 1.86. The van der Waals surface area contributed by atoms with Gasteiger partial charge in [-0.3, -0.25) is 14.4 Å². The van der Waals surface area contributed by atoms with E-state index in [0.29, 0.717) is 21.5 Å². The van der Waals surface area contributed by atoms with E-state index in [2.05, 4.69) is 15.5 Å². The van der Waals surface area contributed by atoms with Crippen LogP contribution in [0.25, 0.3) is 10.6 Å². The molecule has 0 aliphatic rings. The number of sulfonamides is 1. The molecule has 11 heteroatoms. The van der Waals surface area contributed by atoms with Crippen molar-refractivity contribution in [2.45, 2.75) is 19.4 Å². The molecule has 1 N–H and O–H groups in total. The van der Waals surface area contributed by atoms with Crippen LogP contribution < -0.4 is 14.4 Å². The van der Waals surface area contributed by atoms with Gasteiger partial charge < -0.3 is 4.74 Å². The predicted molar refractivity (Wildman–Crippen MR) is 123 cm³/mol. The number of hydrogen-bond acceptors (Lipinski definition) is 7. The van der Waals surface area contributed by atoms with Crippen LogP contribution in [0.1, 0.15) is 13.3 Å². The Kier molecular flexibility index (Phi) is 7.14. The molecule has 2 aromatic carbocycles. The number of carbonyl (C=O) groups excluding carboxylic acids is 1. The van der Waals surface area contributed by atoms with Gasteiger partial charge in [-0.2, -0.15) is 0 Å². The molecule has 0 spiro atoms. The highest BCUT2D eigenvalue weighted by atomic mass is 35.5. The molecule has 0 saturated heterocycles. The maximum Gasteiger partial charge on any atom is 0.250 e. The Morgan fingerprint density at radius 2 is 1.94 bits per heavy atom. The second kappa shape index (κ2) is 9.63. The molecule has 3 rings (SSSR count). The predicted octanol–water partition coefficient (Wildman–Crippen LogP) is 4.05. The van der Waals surface area contributed by atoms with Crippen molar-refractivity contribution < 1.29 is 17.9 Å². The molecule has 0 saturated carbocycles. The lowest BCUT2D eigenvalue weighted by atomic mass is 10.2. The van der Waals surface area contributed by atoms with E-state index in [-0.39, 0.29) is 11.6 Å². The number of nitrogens with one attached hydrogen (secondary N) is 1. The molecule has 0 aliphatic carbocycles. The fourth-order valence-electron chi connectivity index (χ4n) is 2.98. The van der Waals surface area contributed by atoms with E-state index in [1.165, 1.54) is 18.4 Å². The molecule has 0 fully saturated rings. The molecule has 31 heavy (non-hydrogen) atoms. The summed E-state index contributed by atoms with van der Waals surface area (Å²) >= 11 is 7.09. The van der Waals surface area contributed by atoms with Crippen LogP contribution in [0, 0.1) is 0 Å². The highest BCUT2D eigenvalue weighted by Crippen LogP contribution is 2.29. The lowest BCUT2D eigenvalue weighted by Gasteiger charge is -2.29. The van der Waals surface area contributed by atoms with E-state index in [1.54, 1.807) is 55.5 Å². The van der Waals surface area contributed by atoms with Crippen LogP contribution in [0.3, 0.4) is 0 Å². The molecular weight excluding hydrogens is 460 g/mol. The van der Waals surface area contributed by atoms with Gasteiger partial charge in [0.25, 0.3) is 0 Å². The number of aromatic nitrogens is 2. The number of halogens is 1. The van der Waals surface area contributed by atoms with Crippen molar-refractivity contribution in [2.75, 3.05) is 23.0 Å². The van der Waals surface area contributed by atoms with E-state index in [9.17, 15) is 13.2 Å². The van der Waals surface area contributed by atoms with Gasteiger partial charge in [0.05, 0.1) is 19.1 Å². The van der Waals surface area contributed by atoms with Crippen LogP contribution in [-0.2, 0) is 14.8 Å². The lowest BCUT2D eigenvalue weighted by Crippen LogP contribution is -2.47. The minimum Gasteiger partial charge on any atom is -0.497 e. The van der Waals surface area contributed by atoms with E-state index >= 15 is 0 Å². The molecule has 1 aromatic heterocycles. The summed E-state index contributed by atoms with van der Waals surface area (Å²) in [7, 11) is -2.27. The van der Waals surface area contributed by atoms with Crippen molar-refractivity contribution in [1.29, 1.82) is 0 Å². The van der Waals surface area contributed by atoms with Crippen molar-refractivity contribution in [3.63, 3.8) is 0 Å². The molecule has 0 aliphatic heterocycles. The SMILES string of the molecule is CCC(C(=O)Nc1nnc(-c2ccc(Cl)cc2)s1)N(c1cccc(OC)c1)S(C)(=O)=O. The summed E-state index contributed by atoms with van der Waals surface area (Å²) in [5.41, 5.74) is 1.14. The van der Waals surface area contributed by atoms with Crippen LogP contribution in [0.4, 0.5) is 10.8 Å².